The van der Waals surface area contributed by atoms with Gasteiger partial charge in [-0.1, -0.05) is 23.2 Å². The normalized spacial score (nSPS) is 12.1. The highest BCUT2D eigenvalue weighted by Gasteiger charge is 2.19. The predicted molar refractivity (Wildman–Crippen MR) is 122 cm³/mol. The average Bonchev–Trinajstić information content (AvgIpc) is 2.72. The zero-order valence-electron chi connectivity index (χ0n) is 16.3. The molecule has 3 rings (SSSR count). The van der Waals surface area contributed by atoms with Gasteiger partial charge in [0.25, 0.3) is 0 Å². The quantitative estimate of drug-likeness (QED) is 0.343. The number of anilines is 2. The molecule has 0 bridgehead atoms. The highest BCUT2D eigenvalue weighted by atomic mass is 35.5. The summed E-state index contributed by atoms with van der Waals surface area (Å²) in [6.45, 7) is 4.85. The number of thioether (sulfide) groups is 1. The SMILES string of the molecule is CCN(C)c1ccc(-c2cnc(N)c(SC(C)c3c(Cl)ccc(F)c3Cl)c2)cn1. The second-order valence-electron chi connectivity index (χ2n) is 6.54. The maximum absolute atomic E-state index is 13.9. The van der Waals surface area contributed by atoms with Crippen LogP contribution in [0.1, 0.15) is 24.7 Å². The number of rotatable bonds is 6. The Morgan fingerprint density at radius 3 is 2.52 bits per heavy atom. The number of aromatic nitrogens is 2. The molecular weight excluding hydrogens is 430 g/mol. The first-order valence-corrected chi connectivity index (χ1v) is 10.7. The summed E-state index contributed by atoms with van der Waals surface area (Å²) in [4.78, 5) is 11.6. The Hall–Kier alpha value is -2.02. The summed E-state index contributed by atoms with van der Waals surface area (Å²) in [5.74, 6) is 0.796. The number of benzene rings is 1. The number of halogens is 3. The number of hydrogen-bond donors (Lipinski definition) is 1. The van der Waals surface area contributed by atoms with Crippen LogP contribution in [0.2, 0.25) is 10.0 Å². The van der Waals surface area contributed by atoms with Crippen molar-refractivity contribution in [3.8, 4) is 11.1 Å². The Morgan fingerprint density at radius 1 is 1.14 bits per heavy atom. The van der Waals surface area contributed by atoms with E-state index in [4.69, 9.17) is 28.9 Å². The molecule has 0 aliphatic heterocycles. The van der Waals surface area contributed by atoms with Crippen LogP contribution in [0.5, 0.6) is 0 Å². The Labute approximate surface area is 184 Å². The third kappa shape index (κ3) is 4.77. The fourth-order valence-corrected chi connectivity index (χ4v) is 4.76. The first-order chi connectivity index (χ1) is 13.8. The highest BCUT2D eigenvalue weighted by molar-refractivity contribution is 7.99. The highest BCUT2D eigenvalue weighted by Crippen LogP contribution is 2.44. The first kappa shape index (κ1) is 21.7. The molecule has 29 heavy (non-hydrogen) atoms. The van der Waals surface area contributed by atoms with E-state index < -0.39 is 5.82 Å². The molecule has 152 valence electrons. The van der Waals surface area contributed by atoms with Gasteiger partial charge in [0.2, 0.25) is 0 Å². The van der Waals surface area contributed by atoms with Crippen molar-refractivity contribution in [2.24, 2.45) is 0 Å². The molecule has 0 saturated carbocycles. The van der Waals surface area contributed by atoms with E-state index >= 15 is 0 Å². The molecule has 0 aliphatic carbocycles. The van der Waals surface area contributed by atoms with Crippen LogP contribution >= 0.6 is 35.0 Å². The molecule has 3 aromatic rings. The van der Waals surface area contributed by atoms with Crippen molar-refractivity contribution in [1.29, 1.82) is 0 Å². The van der Waals surface area contributed by atoms with Crippen molar-refractivity contribution in [3.05, 3.63) is 64.2 Å². The smallest absolute Gasteiger partial charge is 0.142 e. The van der Waals surface area contributed by atoms with Gasteiger partial charge in [-0.05, 0) is 44.2 Å². The number of pyridine rings is 2. The van der Waals surface area contributed by atoms with Crippen molar-refractivity contribution < 1.29 is 4.39 Å². The van der Waals surface area contributed by atoms with Crippen LogP contribution in [0.25, 0.3) is 11.1 Å². The van der Waals surface area contributed by atoms with E-state index in [9.17, 15) is 4.39 Å². The molecule has 0 spiro atoms. The van der Waals surface area contributed by atoms with Gasteiger partial charge in [0, 0.05) is 52.9 Å². The molecule has 8 heteroatoms. The second kappa shape index (κ2) is 9.20. The summed E-state index contributed by atoms with van der Waals surface area (Å²) in [5, 5.41) is 0.225. The molecule has 0 saturated heterocycles. The van der Waals surface area contributed by atoms with Crippen LogP contribution in [0.4, 0.5) is 16.0 Å². The topological polar surface area (TPSA) is 55.0 Å². The van der Waals surface area contributed by atoms with Gasteiger partial charge in [-0.15, -0.1) is 11.8 Å². The summed E-state index contributed by atoms with van der Waals surface area (Å²) >= 11 is 13.8. The number of nitrogens with zero attached hydrogens (tertiary/aromatic N) is 3. The molecule has 1 aromatic carbocycles. The summed E-state index contributed by atoms with van der Waals surface area (Å²) in [5.41, 5.74) is 8.45. The minimum atomic E-state index is -0.499. The molecule has 0 radical (unpaired) electrons. The van der Waals surface area contributed by atoms with Crippen LogP contribution in [-0.4, -0.2) is 23.6 Å². The van der Waals surface area contributed by atoms with Crippen LogP contribution in [0.3, 0.4) is 0 Å². The van der Waals surface area contributed by atoms with Crippen LogP contribution in [0, 0.1) is 5.82 Å². The summed E-state index contributed by atoms with van der Waals surface area (Å²) < 4.78 is 13.9. The molecule has 2 N–H and O–H groups in total. The summed E-state index contributed by atoms with van der Waals surface area (Å²) in [6.07, 6.45) is 3.53. The first-order valence-electron chi connectivity index (χ1n) is 9.05. The van der Waals surface area contributed by atoms with E-state index in [1.807, 2.05) is 38.4 Å². The zero-order valence-corrected chi connectivity index (χ0v) is 18.6. The van der Waals surface area contributed by atoms with Crippen molar-refractivity contribution in [3.63, 3.8) is 0 Å². The van der Waals surface area contributed by atoms with Gasteiger partial charge in [0.1, 0.15) is 17.5 Å². The summed E-state index contributed by atoms with van der Waals surface area (Å²) in [6, 6.07) is 8.68. The fourth-order valence-electron chi connectivity index (χ4n) is 2.82. The minimum absolute atomic E-state index is 0.0278. The largest absolute Gasteiger partial charge is 0.383 e. The standard InChI is InChI=1S/C21H21Cl2FN4S/c1-4-28(3)18-8-5-13(10-26-18)14-9-17(21(25)27-11-14)29-12(2)19-15(22)6-7-16(24)20(19)23/h5-12H,4H2,1-3H3,(H2,25,27). The molecule has 0 fully saturated rings. The van der Waals surface area contributed by atoms with Crippen molar-refractivity contribution in [2.75, 3.05) is 24.2 Å². The van der Waals surface area contributed by atoms with Gasteiger partial charge in [-0.25, -0.2) is 14.4 Å². The second-order valence-corrected chi connectivity index (χ2v) is 8.71. The van der Waals surface area contributed by atoms with Crippen molar-refractivity contribution in [1.82, 2.24) is 9.97 Å². The zero-order chi connectivity index (χ0) is 21.1. The maximum atomic E-state index is 13.9. The molecular formula is C21H21Cl2FN4S. The third-order valence-electron chi connectivity index (χ3n) is 4.62. The molecule has 1 unspecified atom stereocenters. The molecule has 1 atom stereocenters. The Kier molecular flexibility index (Phi) is 6.88. The lowest BCUT2D eigenvalue weighted by atomic mass is 10.1. The van der Waals surface area contributed by atoms with Crippen molar-refractivity contribution >= 4 is 46.6 Å². The molecule has 2 aromatic heterocycles. The Bertz CT molecular complexity index is 1010. The van der Waals surface area contributed by atoms with E-state index in [0.717, 1.165) is 28.4 Å². The molecule has 2 heterocycles. The van der Waals surface area contributed by atoms with Crippen molar-refractivity contribution in [2.45, 2.75) is 24.0 Å². The van der Waals surface area contributed by atoms with Crippen LogP contribution in [0.15, 0.2) is 47.6 Å². The van der Waals surface area contributed by atoms with E-state index in [2.05, 4.69) is 21.8 Å². The Morgan fingerprint density at radius 2 is 1.86 bits per heavy atom. The van der Waals surface area contributed by atoms with E-state index in [1.54, 1.807) is 6.20 Å². The maximum Gasteiger partial charge on any atom is 0.142 e. The number of nitrogen functional groups attached to an aromatic ring is 1. The monoisotopic (exact) mass is 450 g/mol. The molecule has 0 amide bonds. The lowest BCUT2D eigenvalue weighted by Crippen LogP contribution is -2.16. The van der Waals surface area contributed by atoms with E-state index in [-0.39, 0.29) is 10.3 Å². The average molecular weight is 451 g/mol. The lowest BCUT2D eigenvalue weighted by Gasteiger charge is -2.17. The van der Waals surface area contributed by atoms with Crippen LogP contribution < -0.4 is 10.6 Å². The van der Waals surface area contributed by atoms with Crippen LogP contribution in [-0.2, 0) is 0 Å². The van der Waals surface area contributed by atoms with E-state index in [0.29, 0.717) is 16.4 Å². The summed E-state index contributed by atoms with van der Waals surface area (Å²) in [7, 11) is 1.99. The van der Waals surface area contributed by atoms with Gasteiger partial charge < -0.3 is 10.6 Å². The van der Waals surface area contributed by atoms with Gasteiger partial charge in [-0.2, -0.15) is 0 Å². The minimum Gasteiger partial charge on any atom is -0.383 e. The van der Waals surface area contributed by atoms with Gasteiger partial charge in [0.15, 0.2) is 0 Å². The van der Waals surface area contributed by atoms with Gasteiger partial charge in [0.05, 0.1) is 9.92 Å². The van der Waals surface area contributed by atoms with Gasteiger partial charge >= 0.3 is 0 Å². The van der Waals surface area contributed by atoms with E-state index in [1.165, 1.54) is 23.9 Å². The third-order valence-corrected chi connectivity index (χ3v) is 6.50. The van der Waals surface area contributed by atoms with Gasteiger partial charge in [-0.3, -0.25) is 0 Å². The molecule has 0 aliphatic rings. The fraction of sp³-hybridized carbons (Fsp3) is 0.238. The number of nitrogens with two attached hydrogens (primary N) is 1. The molecule has 4 nitrogen and oxygen atoms in total. The lowest BCUT2D eigenvalue weighted by molar-refractivity contribution is 0.626. The predicted octanol–water partition coefficient (Wildman–Crippen LogP) is 6.48. The Balaban J connectivity index is 1.89. The number of hydrogen-bond acceptors (Lipinski definition) is 5.